The van der Waals surface area contributed by atoms with Gasteiger partial charge in [-0.05, 0) is 35.9 Å². The van der Waals surface area contributed by atoms with Crippen molar-refractivity contribution in [3.05, 3.63) is 71.5 Å². The minimum atomic E-state index is -0.215. The molecule has 0 aliphatic rings. The second kappa shape index (κ2) is 9.36. The molecule has 0 atom stereocenters. The molecule has 0 amide bonds. The number of benzene rings is 2. The van der Waals surface area contributed by atoms with Gasteiger partial charge in [-0.15, -0.1) is 23.1 Å². The molecule has 0 fully saturated rings. The molecule has 4 aromatic rings. The minimum Gasteiger partial charge on any atom is -0.502 e. The fourth-order valence-corrected chi connectivity index (χ4v) is 4.74. The summed E-state index contributed by atoms with van der Waals surface area (Å²) in [6.07, 6.45) is 1.72. The van der Waals surface area contributed by atoms with Gasteiger partial charge in [0.15, 0.2) is 11.5 Å². The average molecular weight is 455 g/mol. The van der Waals surface area contributed by atoms with Gasteiger partial charge in [0.1, 0.15) is 10.8 Å². The van der Waals surface area contributed by atoms with Crippen LogP contribution in [0.5, 0.6) is 17.2 Å². The zero-order valence-electron chi connectivity index (χ0n) is 16.8. The van der Waals surface area contributed by atoms with Crippen LogP contribution in [-0.4, -0.2) is 29.3 Å². The van der Waals surface area contributed by atoms with Crippen molar-refractivity contribution in [2.75, 3.05) is 14.2 Å². The molecule has 2 aromatic heterocycles. The van der Waals surface area contributed by atoms with Crippen molar-refractivity contribution in [1.29, 1.82) is 0 Å². The van der Waals surface area contributed by atoms with Crippen LogP contribution in [0, 0.1) is 5.82 Å². The Hall–Kier alpha value is -3.10. The van der Waals surface area contributed by atoms with Gasteiger partial charge in [-0.1, -0.05) is 18.2 Å². The molecule has 2 aromatic carbocycles. The summed E-state index contributed by atoms with van der Waals surface area (Å²) in [4.78, 5) is 9.10. The average Bonchev–Trinajstić information content (AvgIpc) is 3.29. The number of rotatable bonds is 7. The summed E-state index contributed by atoms with van der Waals surface area (Å²) in [5.74, 6) is 0.864. The Balaban J connectivity index is 1.58. The summed E-state index contributed by atoms with van der Waals surface area (Å²) < 4.78 is 24.4. The minimum absolute atomic E-state index is 0.0622. The topological polar surface area (TPSA) is 64.5 Å². The molecule has 0 saturated carbocycles. The van der Waals surface area contributed by atoms with Crippen LogP contribution in [0.25, 0.3) is 21.8 Å². The second-order valence-corrected chi connectivity index (χ2v) is 8.35. The van der Waals surface area contributed by atoms with Crippen molar-refractivity contribution in [1.82, 2.24) is 9.97 Å². The predicted octanol–water partition coefficient (Wildman–Crippen LogP) is 6.03. The Kier molecular flexibility index (Phi) is 6.39. The number of thiazole rings is 1. The van der Waals surface area contributed by atoms with Crippen molar-refractivity contribution in [3.63, 3.8) is 0 Å². The van der Waals surface area contributed by atoms with Crippen molar-refractivity contribution < 1.29 is 19.0 Å². The number of aromatic nitrogens is 2. The second-order valence-electron chi connectivity index (χ2n) is 6.50. The highest BCUT2D eigenvalue weighted by molar-refractivity contribution is 7.98. The van der Waals surface area contributed by atoms with E-state index in [1.807, 2.05) is 23.6 Å². The molecular weight excluding hydrogens is 435 g/mol. The van der Waals surface area contributed by atoms with Gasteiger partial charge in [0.25, 0.3) is 0 Å². The Labute approximate surface area is 187 Å². The third-order valence-corrected chi connectivity index (χ3v) is 6.48. The zero-order chi connectivity index (χ0) is 21.8. The molecule has 31 heavy (non-hydrogen) atoms. The van der Waals surface area contributed by atoms with E-state index in [9.17, 15) is 9.50 Å². The largest absolute Gasteiger partial charge is 0.502 e. The molecule has 0 unspecified atom stereocenters. The van der Waals surface area contributed by atoms with Crippen LogP contribution in [0.1, 0.15) is 5.56 Å². The first kappa shape index (κ1) is 21.1. The molecule has 5 nitrogen and oxygen atoms in total. The Morgan fingerprint density at radius 3 is 2.71 bits per heavy atom. The lowest BCUT2D eigenvalue weighted by Crippen LogP contribution is -1.92. The molecule has 0 aliphatic heterocycles. The Morgan fingerprint density at radius 2 is 1.94 bits per heavy atom. The molecule has 2 heterocycles. The third kappa shape index (κ3) is 4.50. The standard InChI is InChI=1S/C23H19FN2O3S2/c1-28-19-8-7-16(22(29-2)21(19)27)18-13-31-23(26-18)14-9-10-25-20(11-14)30-12-15-5-3-4-6-17(15)24/h3-11,13,27H,12H2,1-2H3. The van der Waals surface area contributed by atoms with Gasteiger partial charge in [0.2, 0.25) is 5.75 Å². The molecule has 0 saturated heterocycles. The fraction of sp³-hybridized carbons (Fsp3) is 0.130. The van der Waals surface area contributed by atoms with Gasteiger partial charge in [0, 0.05) is 28.5 Å². The van der Waals surface area contributed by atoms with E-state index >= 15 is 0 Å². The van der Waals surface area contributed by atoms with E-state index in [2.05, 4.69) is 4.98 Å². The number of methoxy groups -OCH3 is 2. The molecule has 0 radical (unpaired) electrons. The molecule has 1 N–H and O–H groups in total. The fourth-order valence-electron chi connectivity index (χ4n) is 3.04. The van der Waals surface area contributed by atoms with Crippen LogP contribution in [0.15, 0.2) is 65.1 Å². The molecule has 158 valence electrons. The van der Waals surface area contributed by atoms with Crippen LogP contribution in [-0.2, 0) is 5.75 Å². The molecular formula is C23H19FN2O3S2. The van der Waals surface area contributed by atoms with Crippen molar-refractivity contribution in [3.8, 4) is 39.1 Å². The SMILES string of the molecule is COc1ccc(-c2csc(-c3ccnc(SCc4ccccc4F)c3)n2)c(OC)c1O. The summed E-state index contributed by atoms with van der Waals surface area (Å²) in [7, 11) is 2.98. The van der Waals surface area contributed by atoms with Gasteiger partial charge in [-0.25, -0.2) is 14.4 Å². The number of halogens is 1. The highest BCUT2D eigenvalue weighted by Crippen LogP contribution is 2.44. The van der Waals surface area contributed by atoms with Crippen molar-refractivity contribution in [2.24, 2.45) is 0 Å². The number of ether oxygens (including phenoxy) is 2. The van der Waals surface area contributed by atoms with E-state index in [0.29, 0.717) is 34.1 Å². The number of aromatic hydroxyl groups is 1. The van der Waals surface area contributed by atoms with Crippen LogP contribution in [0.4, 0.5) is 4.39 Å². The maximum atomic E-state index is 13.9. The van der Waals surface area contributed by atoms with E-state index in [1.165, 1.54) is 43.4 Å². The first-order chi connectivity index (χ1) is 15.1. The van der Waals surface area contributed by atoms with Crippen LogP contribution in [0.3, 0.4) is 0 Å². The Bertz CT molecular complexity index is 1210. The highest BCUT2D eigenvalue weighted by Gasteiger charge is 2.18. The molecule has 0 spiro atoms. The number of phenols is 1. The van der Waals surface area contributed by atoms with E-state index in [-0.39, 0.29) is 11.6 Å². The first-order valence-corrected chi connectivity index (χ1v) is 11.2. The zero-order valence-corrected chi connectivity index (χ0v) is 18.5. The number of hydrogen-bond acceptors (Lipinski definition) is 7. The highest BCUT2D eigenvalue weighted by atomic mass is 32.2. The summed E-state index contributed by atoms with van der Waals surface area (Å²) in [6.45, 7) is 0. The summed E-state index contributed by atoms with van der Waals surface area (Å²) in [5.41, 5.74) is 2.92. The quantitative estimate of drug-likeness (QED) is 0.344. The molecule has 0 aliphatic carbocycles. The predicted molar refractivity (Wildman–Crippen MR) is 122 cm³/mol. The van der Waals surface area contributed by atoms with Gasteiger partial charge < -0.3 is 14.6 Å². The van der Waals surface area contributed by atoms with Gasteiger partial charge >= 0.3 is 0 Å². The van der Waals surface area contributed by atoms with E-state index < -0.39 is 0 Å². The van der Waals surface area contributed by atoms with Gasteiger partial charge in [-0.3, -0.25) is 0 Å². The smallest absolute Gasteiger partial charge is 0.201 e. The van der Waals surface area contributed by atoms with Gasteiger partial charge in [0.05, 0.1) is 24.9 Å². The summed E-state index contributed by atoms with van der Waals surface area (Å²) in [6, 6.07) is 14.0. The lowest BCUT2D eigenvalue weighted by Gasteiger charge is -2.11. The number of nitrogens with zero attached hydrogens (tertiary/aromatic N) is 2. The maximum absolute atomic E-state index is 13.9. The number of phenolic OH excluding ortho intramolecular Hbond substituents is 1. The summed E-state index contributed by atoms with van der Waals surface area (Å²) in [5, 5.41) is 13.9. The van der Waals surface area contributed by atoms with Crippen LogP contribution >= 0.6 is 23.1 Å². The molecule has 4 rings (SSSR count). The van der Waals surface area contributed by atoms with Crippen molar-refractivity contribution in [2.45, 2.75) is 10.8 Å². The lowest BCUT2D eigenvalue weighted by molar-refractivity contribution is 0.341. The van der Waals surface area contributed by atoms with E-state index in [0.717, 1.165) is 15.6 Å². The lowest BCUT2D eigenvalue weighted by atomic mass is 10.1. The number of thioether (sulfide) groups is 1. The van der Waals surface area contributed by atoms with Crippen molar-refractivity contribution >= 4 is 23.1 Å². The number of hydrogen-bond donors (Lipinski definition) is 1. The first-order valence-electron chi connectivity index (χ1n) is 9.33. The third-order valence-electron chi connectivity index (χ3n) is 4.61. The van der Waals surface area contributed by atoms with Crippen LogP contribution < -0.4 is 9.47 Å². The summed E-state index contributed by atoms with van der Waals surface area (Å²) >= 11 is 2.95. The molecule has 0 bridgehead atoms. The Morgan fingerprint density at radius 1 is 1.10 bits per heavy atom. The van der Waals surface area contributed by atoms with Crippen LogP contribution in [0.2, 0.25) is 0 Å². The normalized spacial score (nSPS) is 10.8. The monoisotopic (exact) mass is 454 g/mol. The molecule has 8 heteroatoms. The number of pyridine rings is 1. The maximum Gasteiger partial charge on any atom is 0.201 e. The van der Waals surface area contributed by atoms with E-state index in [4.69, 9.17) is 14.5 Å². The van der Waals surface area contributed by atoms with E-state index in [1.54, 1.807) is 30.5 Å². The van der Waals surface area contributed by atoms with Gasteiger partial charge in [-0.2, -0.15) is 0 Å².